The van der Waals surface area contributed by atoms with Gasteiger partial charge < -0.3 is 9.47 Å². The Kier molecular flexibility index (Phi) is 2.97. The minimum Gasteiger partial charge on any atom is -0.486 e. The first-order chi connectivity index (χ1) is 5.74. The Morgan fingerprint density at radius 2 is 1.83 bits per heavy atom. The number of hydrogen-bond donors (Lipinski definition) is 0. The van der Waals surface area contributed by atoms with Gasteiger partial charge in [0.1, 0.15) is 13.2 Å². The van der Waals surface area contributed by atoms with Crippen LogP contribution >= 0.6 is 0 Å². The van der Waals surface area contributed by atoms with Crippen molar-refractivity contribution in [2.24, 2.45) is 0 Å². The monoisotopic (exact) mass is 166 g/mol. The van der Waals surface area contributed by atoms with Crippen molar-refractivity contribution in [1.82, 2.24) is 0 Å². The van der Waals surface area contributed by atoms with Crippen LogP contribution in [0.15, 0.2) is 35.8 Å². The van der Waals surface area contributed by atoms with E-state index in [9.17, 15) is 0 Å². The fourth-order valence-electron chi connectivity index (χ4n) is 0.980. The Bertz CT molecular complexity index is 232. The predicted molar refractivity (Wildman–Crippen MR) is 48.6 cm³/mol. The summed E-state index contributed by atoms with van der Waals surface area (Å²) in [5, 5.41) is 0. The number of hydrogen-bond acceptors (Lipinski definition) is 2. The molecule has 66 valence electrons. The molecular weight excluding hydrogens is 152 g/mol. The van der Waals surface area contributed by atoms with Crippen LogP contribution in [0, 0.1) is 0 Å². The second-order valence-corrected chi connectivity index (χ2v) is 2.85. The molecule has 1 rings (SSSR count). The lowest BCUT2D eigenvalue weighted by molar-refractivity contribution is 0.0768. The molecule has 0 fully saturated rings. The SMILES string of the molecule is C=CC1=C(C=C(C)C)OCCO1. The van der Waals surface area contributed by atoms with E-state index in [0.717, 1.165) is 11.5 Å². The first kappa shape index (κ1) is 8.91. The first-order valence-electron chi connectivity index (χ1n) is 4.01. The molecule has 0 aliphatic carbocycles. The van der Waals surface area contributed by atoms with E-state index in [4.69, 9.17) is 9.47 Å². The molecule has 12 heavy (non-hydrogen) atoms. The minimum atomic E-state index is 0.613. The Morgan fingerprint density at radius 1 is 1.25 bits per heavy atom. The molecule has 1 aliphatic rings. The Labute approximate surface area is 73.2 Å². The minimum absolute atomic E-state index is 0.613. The molecule has 1 aliphatic heterocycles. The van der Waals surface area contributed by atoms with E-state index < -0.39 is 0 Å². The second kappa shape index (κ2) is 4.00. The molecule has 0 N–H and O–H groups in total. The summed E-state index contributed by atoms with van der Waals surface area (Å²) in [4.78, 5) is 0. The molecule has 0 spiro atoms. The molecule has 1 heterocycles. The van der Waals surface area contributed by atoms with Crippen LogP contribution in [0.3, 0.4) is 0 Å². The number of rotatable bonds is 2. The smallest absolute Gasteiger partial charge is 0.161 e. The summed E-state index contributed by atoms with van der Waals surface area (Å²) in [6, 6.07) is 0. The van der Waals surface area contributed by atoms with Crippen LogP contribution in [-0.4, -0.2) is 13.2 Å². The number of allylic oxidation sites excluding steroid dienone is 3. The molecular formula is C10H14O2. The zero-order chi connectivity index (χ0) is 8.97. The fourth-order valence-corrected chi connectivity index (χ4v) is 0.980. The van der Waals surface area contributed by atoms with Crippen molar-refractivity contribution in [3.8, 4) is 0 Å². The van der Waals surface area contributed by atoms with E-state index in [2.05, 4.69) is 6.58 Å². The molecule has 0 bridgehead atoms. The lowest BCUT2D eigenvalue weighted by atomic mass is 10.2. The summed E-state index contributed by atoms with van der Waals surface area (Å²) < 4.78 is 10.7. The average Bonchev–Trinajstić information content (AvgIpc) is 2.04. The van der Waals surface area contributed by atoms with Gasteiger partial charge in [0, 0.05) is 0 Å². The van der Waals surface area contributed by atoms with Crippen molar-refractivity contribution in [3.05, 3.63) is 35.8 Å². The Balaban J connectivity index is 2.87. The van der Waals surface area contributed by atoms with Crippen LogP contribution < -0.4 is 0 Å². The first-order valence-corrected chi connectivity index (χ1v) is 4.01. The van der Waals surface area contributed by atoms with Crippen LogP contribution in [0.5, 0.6) is 0 Å². The van der Waals surface area contributed by atoms with Gasteiger partial charge in [0.2, 0.25) is 0 Å². The van der Waals surface area contributed by atoms with Crippen molar-refractivity contribution < 1.29 is 9.47 Å². The summed E-state index contributed by atoms with van der Waals surface area (Å²) in [5.74, 6) is 1.53. The maximum Gasteiger partial charge on any atom is 0.161 e. The molecule has 0 aromatic rings. The zero-order valence-electron chi connectivity index (χ0n) is 7.59. The second-order valence-electron chi connectivity index (χ2n) is 2.85. The van der Waals surface area contributed by atoms with E-state index in [1.165, 1.54) is 5.57 Å². The highest BCUT2D eigenvalue weighted by Gasteiger charge is 2.09. The van der Waals surface area contributed by atoms with Gasteiger partial charge >= 0.3 is 0 Å². The van der Waals surface area contributed by atoms with E-state index in [0.29, 0.717) is 13.2 Å². The van der Waals surface area contributed by atoms with Crippen molar-refractivity contribution >= 4 is 0 Å². The van der Waals surface area contributed by atoms with Gasteiger partial charge in [-0.15, -0.1) is 0 Å². The maximum atomic E-state index is 5.40. The molecule has 0 aromatic carbocycles. The molecule has 0 saturated heterocycles. The highest BCUT2D eigenvalue weighted by molar-refractivity contribution is 5.26. The third kappa shape index (κ3) is 2.16. The lowest BCUT2D eigenvalue weighted by Crippen LogP contribution is -2.11. The largest absolute Gasteiger partial charge is 0.486 e. The lowest BCUT2D eigenvalue weighted by Gasteiger charge is -2.18. The van der Waals surface area contributed by atoms with Crippen molar-refractivity contribution in [2.45, 2.75) is 13.8 Å². The van der Waals surface area contributed by atoms with Gasteiger partial charge in [0.25, 0.3) is 0 Å². The highest BCUT2D eigenvalue weighted by Crippen LogP contribution is 2.16. The molecule has 2 heteroatoms. The van der Waals surface area contributed by atoms with Crippen LogP contribution in [0.1, 0.15) is 13.8 Å². The van der Waals surface area contributed by atoms with Crippen LogP contribution in [-0.2, 0) is 9.47 Å². The third-order valence-electron chi connectivity index (χ3n) is 1.45. The van der Waals surface area contributed by atoms with Crippen molar-refractivity contribution in [3.63, 3.8) is 0 Å². The van der Waals surface area contributed by atoms with E-state index in [1.807, 2.05) is 19.9 Å². The molecule has 0 saturated carbocycles. The van der Waals surface area contributed by atoms with Crippen molar-refractivity contribution in [2.75, 3.05) is 13.2 Å². The number of ether oxygens (including phenoxy) is 2. The predicted octanol–water partition coefficient (Wildman–Crippen LogP) is 2.40. The highest BCUT2D eigenvalue weighted by atomic mass is 16.6. The molecule has 0 atom stereocenters. The van der Waals surface area contributed by atoms with Gasteiger partial charge in [-0.2, -0.15) is 0 Å². The summed E-state index contributed by atoms with van der Waals surface area (Å²) in [6.45, 7) is 8.92. The van der Waals surface area contributed by atoms with E-state index in [1.54, 1.807) is 6.08 Å². The normalized spacial score (nSPS) is 16.2. The van der Waals surface area contributed by atoms with Crippen molar-refractivity contribution in [1.29, 1.82) is 0 Å². The summed E-state index contributed by atoms with van der Waals surface area (Å²) >= 11 is 0. The van der Waals surface area contributed by atoms with Gasteiger partial charge in [-0.3, -0.25) is 0 Å². The molecule has 0 unspecified atom stereocenters. The zero-order valence-corrected chi connectivity index (χ0v) is 7.59. The fraction of sp³-hybridized carbons (Fsp3) is 0.400. The average molecular weight is 166 g/mol. The summed E-state index contributed by atoms with van der Waals surface area (Å²) in [6.07, 6.45) is 3.63. The Morgan fingerprint density at radius 3 is 2.33 bits per heavy atom. The summed E-state index contributed by atoms with van der Waals surface area (Å²) in [7, 11) is 0. The van der Waals surface area contributed by atoms with E-state index in [-0.39, 0.29) is 0 Å². The molecule has 0 aromatic heterocycles. The van der Waals surface area contributed by atoms with Gasteiger partial charge in [-0.05, 0) is 26.0 Å². The third-order valence-corrected chi connectivity index (χ3v) is 1.45. The maximum absolute atomic E-state index is 5.40. The quantitative estimate of drug-likeness (QED) is 0.627. The van der Waals surface area contributed by atoms with Crippen LogP contribution in [0.4, 0.5) is 0 Å². The summed E-state index contributed by atoms with van der Waals surface area (Å²) in [5.41, 5.74) is 1.19. The van der Waals surface area contributed by atoms with E-state index >= 15 is 0 Å². The standard InChI is InChI=1S/C10H14O2/c1-4-9-10(7-8(2)3)12-6-5-11-9/h4,7H,1,5-6H2,2-3H3. The molecule has 0 amide bonds. The topological polar surface area (TPSA) is 18.5 Å². The van der Waals surface area contributed by atoms with Crippen LogP contribution in [0.25, 0.3) is 0 Å². The van der Waals surface area contributed by atoms with Crippen LogP contribution in [0.2, 0.25) is 0 Å². The molecule has 2 nitrogen and oxygen atoms in total. The Hall–Kier alpha value is -1.18. The van der Waals surface area contributed by atoms with Gasteiger partial charge in [0.05, 0.1) is 0 Å². The van der Waals surface area contributed by atoms with Gasteiger partial charge in [-0.25, -0.2) is 0 Å². The van der Waals surface area contributed by atoms with Gasteiger partial charge in [0.15, 0.2) is 11.5 Å². The van der Waals surface area contributed by atoms with Gasteiger partial charge in [-0.1, -0.05) is 12.2 Å². The molecule has 0 radical (unpaired) electrons.